The van der Waals surface area contributed by atoms with E-state index in [1.807, 2.05) is 6.92 Å². The van der Waals surface area contributed by atoms with Crippen molar-refractivity contribution in [3.05, 3.63) is 23.3 Å². The minimum Gasteiger partial charge on any atom is -0.496 e. The number of ether oxygens (including phenoxy) is 2. The molecule has 1 aromatic rings. The van der Waals surface area contributed by atoms with Gasteiger partial charge in [0.25, 0.3) is 0 Å². The number of methoxy groups -OCH3 is 2. The zero-order chi connectivity index (χ0) is 11.4. The Morgan fingerprint density at radius 1 is 1.27 bits per heavy atom. The highest BCUT2D eigenvalue weighted by Gasteiger charge is 2.16. The molecule has 0 bridgehead atoms. The normalized spacial score (nSPS) is 9.87. The van der Waals surface area contributed by atoms with Gasteiger partial charge in [-0.15, -0.1) is 0 Å². The first-order valence-electron chi connectivity index (χ1n) is 4.60. The molecule has 0 amide bonds. The molecule has 0 fully saturated rings. The second kappa shape index (κ2) is 4.79. The number of rotatable bonds is 4. The Morgan fingerprint density at radius 3 is 2.27 bits per heavy atom. The van der Waals surface area contributed by atoms with Crippen LogP contribution in [-0.4, -0.2) is 26.5 Å². The summed E-state index contributed by atoms with van der Waals surface area (Å²) < 4.78 is 10.2. The van der Waals surface area contributed by atoms with Gasteiger partial charge < -0.3 is 15.2 Å². The minimum absolute atomic E-state index is 0.0373. The summed E-state index contributed by atoms with van der Waals surface area (Å²) in [6.07, 6.45) is 0. The van der Waals surface area contributed by atoms with E-state index >= 15 is 0 Å². The van der Waals surface area contributed by atoms with Crippen LogP contribution in [0.1, 0.15) is 15.9 Å². The lowest BCUT2D eigenvalue weighted by molar-refractivity contribution is 0.0997. The fourth-order valence-corrected chi connectivity index (χ4v) is 1.51. The predicted molar refractivity (Wildman–Crippen MR) is 57.7 cm³/mol. The number of carbonyl (C=O) groups is 1. The van der Waals surface area contributed by atoms with Gasteiger partial charge in [-0.05, 0) is 19.1 Å². The molecule has 0 unspecified atom stereocenters. The highest BCUT2D eigenvalue weighted by atomic mass is 16.5. The summed E-state index contributed by atoms with van der Waals surface area (Å²) in [5.74, 6) is 1.04. The Kier molecular flexibility index (Phi) is 3.68. The average Bonchev–Trinajstić information content (AvgIpc) is 2.27. The Labute approximate surface area is 89.0 Å². The zero-order valence-electron chi connectivity index (χ0n) is 9.16. The maximum atomic E-state index is 11.6. The standard InChI is InChI=1S/C11H15NO3/c1-7-9(14-2)4-5-10(15-3)11(7)8(13)6-12/h4-5H,6,12H2,1-3H3. The molecule has 82 valence electrons. The first-order chi connectivity index (χ1) is 7.15. The smallest absolute Gasteiger partial charge is 0.180 e. The molecule has 4 heteroatoms. The fraction of sp³-hybridized carbons (Fsp3) is 0.364. The second-order valence-electron chi connectivity index (χ2n) is 3.10. The predicted octanol–water partition coefficient (Wildman–Crippen LogP) is 1.15. The number of carbonyl (C=O) groups excluding carboxylic acids is 1. The molecule has 0 atom stereocenters. The molecule has 4 nitrogen and oxygen atoms in total. The summed E-state index contributed by atoms with van der Waals surface area (Å²) in [7, 11) is 3.08. The zero-order valence-corrected chi connectivity index (χ0v) is 9.16. The van der Waals surface area contributed by atoms with Crippen molar-refractivity contribution >= 4 is 5.78 Å². The van der Waals surface area contributed by atoms with Gasteiger partial charge in [0.05, 0.1) is 26.3 Å². The van der Waals surface area contributed by atoms with Crippen LogP contribution in [0.4, 0.5) is 0 Å². The molecule has 1 aromatic carbocycles. The van der Waals surface area contributed by atoms with Crippen LogP contribution in [0.2, 0.25) is 0 Å². The second-order valence-corrected chi connectivity index (χ2v) is 3.10. The fourth-order valence-electron chi connectivity index (χ4n) is 1.51. The molecule has 0 saturated carbocycles. The van der Waals surface area contributed by atoms with Crippen molar-refractivity contribution in [2.75, 3.05) is 20.8 Å². The topological polar surface area (TPSA) is 61.5 Å². The van der Waals surface area contributed by atoms with Crippen molar-refractivity contribution in [1.29, 1.82) is 0 Å². The molecule has 0 aliphatic rings. The van der Waals surface area contributed by atoms with Crippen molar-refractivity contribution in [3.63, 3.8) is 0 Å². The molecular weight excluding hydrogens is 194 g/mol. The van der Waals surface area contributed by atoms with E-state index in [1.165, 1.54) is 7.11 Å². The number of nitrogens with two attached hydrogens (primary N) is 1. The van der Waals surface area contributed by atoms with Crippen LogP contribution in [0.15, 0.2) is 12.1 Å². The molecule has 0 aliphatic carbocycles. The first-order valence-corrected chi connectivity index (χ1v) is 4.60. The van der Waals surface area contributed by atoms with Gasteiger partial charge in [0.15, 0.2) is 5.78 Å². The van der Waals surface area contributed by atoms with Crippen LogP contribution >= 0.6 is 0 Å². The molecule has 0 aromatic heterocycles. The molecule has 1 rings (SSSR count). The molecule has 2 N–H and O–H groups in total. The highest BCUT2D eigenvalue weighted by Crippen LogP contribution is 2.29. The Hall–Kier alpha value is -1.55. The van der Waals surface area contributed by atoms with Crippen LogP contribution in [0, 0.1) is 6.92 Å². The lowest BCUT2D eigenvalue weighted by Gasteiger charge is -2.12. The maximum Gasteiger partial charge on any atom is 0.180 e. The average molecular weight is 209 g/mol. The van der Waals surface area contributed by atoms with Gasteiger partial charge in [0.1, 0.15) is 11.5 Å². The van der Waals surface area contributed by atoms with E-state index < -0.39 is 0 Å². The number of hydrogen-bond acceptors (Lipinski definition) is 4. The van der Waals surface area contributed by atoms with Gasteiger partial charge in [-0.25, -0.2) is 0 Å². The number of benzene rings is 1. The summed E-state index contributed by atoms with van der Waals surface area (Å²) in [6, 6.07) is 3.47. The van der Waals surface area contributed by atoms with Crippen LogP contribution < -0.4 is 15.2 Å². The molecule has 0 aliphatic heterocycles. The summed E-state index contributed by atoms with van der Waals surface area (Å²) >= 11 is 0. The van der Waals surface area contributed by atoms with E-state index in [1.54, 1.807) is 19.2 Å². The summed E-state index contributed by atoms with van der Waals surface area (Å²) in [4.78, 5) is 11.6. The van der Waals surface area contributed by atoms with E-state index in [9.17, 15) is 4.79 Å². The van der Waals surface area contributed by atoms with Crippen LogP contribution in [0.5, 0.6) is 11.5 Å². The molecule has 0 spiro atoms. The molecule has 0 heterocycles. The van der Waals surface area contributed by atoms with Gasteiger partial charge in [0.2, 0.25) is 0 Å². The third kappa shape index (κ3) is 2.10. The van der Waals surface area contributed by atoms with E-state index in [4.69, 9.17) is 15.2 Å². The number of hydrogen-bond donors (Lipinski definition) is 1. The Bertz CT molecular complexity index is 374. The van der Waals surface area contributed by atoms with E-state index in [0.29, 0.717) is 17.1 Å². The molecule has 0 saturated heterocycles. The van der Waals surface area contributed by atoms with Crippen molar-refractivity contribution in [2.45, 2.75) is 6.92 Å². The van der Waals surface area contributed by atoms with Crippen LogP contribution in [-0.2, 0) is 0 Å². The van der Waals surface area contributed by atoms with Gasteiger partial charge in [-0.1, -0.05) is 0 Å². The Morgan fingerprint density at radius 2 is 1.80 bits per heavy atom. The van der Waals surface area contributed by atoms with Crippen molar-refractivity contribution < 1.29 is 14.3 Å². The summed E-state index contributed by atoms with van der Waals surface area (Å²) in [5.41, 5.74) is 6.60. The van der Waals surface area contributed by atoms with Crippen molar-refractivity contribution in [2.24, 2.45) is 5.73 Å². The van der Waals surface area contributed by atoms with Gasteiger partial charge in [-0.3, -0.25) is 4.79 Å². The van der Waals surface area contributed by atoms with Crippen LogP contribution in [0.25, 0.3) is 0 Å². The molecule has 0 radical (unpaired) electrons. The van der Waals surface area contributed by atoms with Gasteiger partial charge in [0, 0.05) is 5.56 Å². The third-order valence-corrected chi connectivity index (χ3v) is 2.28. The first kappa shape index (κ1) is 11.5. The Balaban J connectivity index is 3.35. The van der Waals surface area contributed by atoms with E-state index in [2.05, 4.69) is 0 Å². The minimum atomic E-state index is -0.150. The summed E-state index contributed by atoms with van der Waals surface area (Å²) in [5, 5.41) is 0. The lowest BCUT2D eigenvalue weighted by Crippen LogP contribution is -2.16. The van der Waals surface area contributed by atoms with E-state index in [-0.39, 0.29) is 12.3 Å². The van der Waals surface area contributed by atoms with Gasteiger partial charge in [-0.2, -0.15) is 0 Å². The van der Waals surface area contributed by atoms with Crippen molar-refractivity contribution in [1.82, 2.24) is 0 Å². The maximum absolute atomic E-state index is 11.6. The number of ketones is 1. The molecular formula is C11H15NO3. The van der Waals surface area contributed by atoms with Crippen LogP contribution in [0.3, 0.4) is 0 Å². The van der Waals surface area contributed by atoms with E-state index in [0.717, 1.165) is 5.56 Å². The molecule has 15 heavy (non-hydrogen) atoms. The SMILES string of the molecule is COc1ccc(OC)c(C(=O)CN)c1C. The van der Waals surface area contributed by atoms with Gasteiger partial charge >= 0.3 is 0 Å². The highest BCUT2D eigenvalue weighted by molar-refractivity contribution is 6.01. The quantitative estimate of drug-likeness (QED) is 0.756. The van der Waals surface area contributed by atoms with Crippen molar-refractivity contribution in [3.8, 4) is 11.5 Å². The monoisotopic (exact) mass is 209 g/mol. The largest absolute Gasteiger partial charge is 0.496 e. The number of Topliss-reactive ketones (excluding diaryl/α,β-unsaturated/α-hetero) is 1. The third-order valence-electron chi connectivity index (χ3n) is 2.28. The summed E-state index contributed by atoms with van der Waals surface area (Å²) in [6.45, 7) is 1.77. The lowest BCUT2D eigenvalue weighted by atomic mass is 10.0.